The average molecular weight is 226 g/mol. The first-order chi connectivity index (χ1) is 7.16. The van der Waals surface area contributed by atoms with Crippen molar-refractivity contribution in [1.82, 2.24) is 14.7 Å². The molecule has 2 heterocycles. The topological polar surface area (TPSA) is 64.2 Å². The Balaban J connectivity index is 2.18. The maximum atomic E-state index is 11.2. The van der Waals surface area contributed by atoms with Gasteiger partial charge in [0.1, 0.15) is 6.54 Å². The van der Waals surface area contributed by atoms with E-state index in [1.165, 1.54) is 4.57 Å². The van der Waals surface area contributed by atoms with Crippen LogP contribution in [-0.2, 0) is 6.54 Å². The second-order valence-corrected chi connectivity index (χ2v) is 4.04. The van der Waals surface area contributed by atoms with Crippen molar-refractivity contribution in [3.05, 3.63) is 27.1 Å². The molecule has 0 spiro atoms. The van der Waals surface area contributed by atoms with Crippen LogP contribution in [0.2, 0.25) is 0 Å². The van der Waals surface area contributed by atoms with Gasteiger partial charge in [0.2, 0.25) is 5.89 Å². The van der Waals surface area contributed by atoms with Crippen LogP contribution in [0.15, 0.2) is 20.9 Å². The number of thiazole rings is 1. The molecule has 0 aromatic carbocycles. The molecule has 0 saturated heterocycles. The Morgan fingerprint density at radius 2 is 2.40 bits per heavy atom. The lowest BCUT2D eigenvalue weighted by molar-refractivity contribution is 0.370. The van der Waals surface area contributed by atoms with Gasteiger partial charge in [0.15, 0.2) is 0 Å². The minimum atomic E-state index is -0.0281. The van der Waals surface area contributed by atoms with Gasteiger partial charge in [-0.2, -0.15) is 4.98 Å². The molecule has 0 saturated carbocycles. The first-order valence-electron chi connectivity index (χ1n) is 4.30. The fourth-order valence-electron chi connectivity index (χ4n) is 1.05. The highest BCUT2D eigenvalue weighted by Crippen LogP contribution is 2.06. The van der Waals surface area contributed by atoms with Gasteiger partial charge in [-0.25, -0.2) is 0 Å². The summed E-state index contributed by atoms with van der Waals surface area (Å²) in [6.45, 7) is 0.323. The third-order valence-electron chi connectivity index (χ3n) is 1.81. The highest BCUT2D eigenvalue weighted by atomic mass is 32.1. The monoisotopic (exact) mass is 226 g/mol. The predicted octanol–water partition coefficient (Wildman–Crippen LogP) is 0.407. The number of hydrogen-bond donors (Lipinski definition) is 0. The largest absolute Gasteiger partial charge is 0.344 e. The Labute approximate surface area is 89.8 Å². The van der Waals surface area contributed by atoms with Crippen LogP contribution in [0.5, 0.6) is 0 Å². The molecule has 0 unspecified atom stereocenters. The third-order valence-corrected chi connectivity index (χ3v) is 2.50. The molecule has 2 aromatic heterocycles. The molecule has 6 nitrogen and oxygen atoms in total. The van der Waals surface area contributed by atoms with Crippen LogP contribution in [-0.4, -0.2) is 28.8 Å². The van der Waals surface area contributed by atoms with Gasteiger partial charge in [0.05, 0.1) is 0 Å². The lowest BCUT2D eigenvalue weighted by atomic mass is 10.6. The van der Waals surface area contributed by atoms with Crippen molar-refractivity contribution in [1.29, 1.82) is 0 Å². The summed E-state index contributed by atoms with van der Waals surface area (Å²) < 4.78 is 6.52. The van der Waals surface area contributed by atoms with E-state index in [1.807, 2.05) is 14.1 Å². The highest BCUT2D eigenvalue weighted by molar-refractivity contribution is 7.07. The molecule has 7 heteroatoms. The summed E-state index contributed by atoms with van der Waals surface area (Å²) in [6, 6.07) is 0. The van der Waals surface area contributed by atoms with E-state index < -0.39 is 0 Å². The van der Waals surface area contributed by atoms with Gasteiger partial charge >= 0.3 is 4.87 Å². The molecular formula is C8H10N4O2S. The molecule has 80 valence electrons. The second-order valence-electron chi connectivity index (χ2n) is 3.18. The molecule has 2 aromatic rings. The van der Waals surface area contributed by atoms with Crippen molar-refractivity contribution < 1.29 is 4.52 Å². The summed E-state index contributed by atoms with van der Waals surface area (Å²) in [7, 11) is 3.65. The maximum Gasteiger partial charge on any atom is 0.307 e. The van der Waals surface area contributed by atoms with E-state index in [0.717, 1.165) is 11.3 Å². The van der Waals surface area contributed by atoms with Gasteiger partial charge in [-0.1, -0.05) is 11.3 Å². The maximum absolute atomic E-state index is 11.2. The summed E-state index contributed by atoms with van der Waals surface area (Å²) in [5.74, 6) is 0.937. The molecule has 0 amide bonds. The minimum absolute atomic E-state index is 0.0281. The zero-order chi connectivity index (χ0) is 10.8. The first kappa shape index (κ1) is 9.91. The lowest BCUT2D eigenvalue weighted by Crippen LogP contribution is -2.13. The van der Waals surface area contributed by atoms with Crippen LogP contribution in [0.25, 0.3) is 0 Å². The molecule has 0 N–H and O–H groups in total. The first-order valence-corrected chi connectivity index (χ1v) is 5.18. The van der Waals surface area contributed by atoms with E-state index in [1.54, 1.807) is 16.5 Å². The number of hydrogen-bond acceptors (Lipinski definition) is 6. The van der Waals surface area contributed by atoms with E-state index in [-0.39, 0.29) is 4.87 Å². The van der Waals surface area contributed by atoms with Crippen LogP contribution >= 0.6 is 11.3 Å². The smallest absolute Gasteiger partial charge is 0.307 e. The van der Waals surface area contributed by atoms with Gasteiger partial charge in [0, 0.05) is 25.7 Å². The van der Waals surface area contributed by atoms with Crippen molar-refractivity contribution >= 4 is 17.3 Å². The van der Waals surface area contributed by atoms with Crippen molar-refractivity contribution in [2.45, 2.75) is 6.54 Å². The molecule has 0 atom stereocenters. The molecule has 0 radical (unpaired) electrons. The Kier molecular flexibility index (Phi) is 2.55. The molecule has 0 aliphatic carbocycles. The lowest BCUT2D eigenvalue weighted by Gasteiger charge is -2.02. The molecule has 0 aliphatic heterocycles. The summed E-state index contributed by atoms with van der Waals surface area (Å²) in [4.78, 5) is 17.1. The van der Waals surface area contributed by atoms with E-state index in [9.17, 15) is 4.79 Å². The highest BCUT2D eigenvalue weighted by Gasteiger charge is 2.08. The van der Waals surface area contributed by atoms with Gasteiger partial charge in [-0.15, -0.1) is 0 Å². The van der Waals surface area contributed by atoms with E-state index >= 15 is 0 Å². The Morgan fingerprint density at radius 1 is 1.60 bits per heavy atom. The van der Waals surface area contributed by atoms with Crippen LogP contribution in [0.3, 0.4) is 0 Å². The standard InChI is InChI=1S/C8H10N4O2S/c1-11(2)7-9-6(14-10-7)5-12-3-4-15-8(12)13/h3-4H,5H2,1-2H3. The van der Waals surface area contributed by atoms with Crippen molar-refractivity contribution in [2.75, 3.05) is 19.0 Å². The Bertz CT molecular complexity index is 498. The van der Waals surface area contributed by atoms with E-state index in [0.29, 0.717) is 18.4 Å². The van der Waals surface area contributed by atoms with Gasteiger partial charge in [0.25, 0.3) is 5.95 Å². The van der Waals surface area contributed by atoms with E-state index in [4.69, 9.17) is 4.52 Å². The number of anilines is 1. The molecule has 15 heavy (non-hydrogen) atoms. The van der Waals surface area contributed by atoms with Crippen LogP contribution in [0.1, 0.15) is 5.89 Å². The summed E-state index contributed by atoms with van der Waals surface area (Å²) >= 11 is 1.14. The average Bonchev–Trinajstić information content (AvgIpc) is 2.77. The molecule has 0 bridgehead atoms. The summed E-state index contributed by atoms with van der Waals surface area (Å²) in [5, 5.41) is 5.48. The van der Waals surface area contributed by atoms with Crippen molar-refractivity contribution in [3.8, 4) is 0 Å². The fourth-order valence-corrected chi connectivity index (χ4v) is 1.63. The quantitative estimate of drug-likeness (QED) is 0.758. The number of nitrogens with zero attached hydrogens (tertiary/aromatic N) is 4. The zero-order valence-electron chi connectivity index (χ0n) is 8.38. The summed E-state index contributed by atoms with van der Waals surface area (Å²) in [5.41, 5.74) is 0. The second kappa shape index (κ2) is 3.85. The van der Waals surface area contributed by atoms with Crippen LogP contribution < -0.4 is 9.77 Å². The van der Waals surface area contributed by atoms with Gasteiger partial charge in [-0.05, 0) is 5.16 Å². The molecule has 0 fully saturated rings. The predicted molar refractivity (Wildman–Crippen MR) is 56.3 cm³/mol. The molecule has 2 rings (SSSR count). The fraction of sp³-hybridized carbons (Fsp3) is 0.375. The molecular weight excluding hydrogens is 216 g/mol. The van der Waals surface area contributed by atoms with Gasteiger partial charge < -0.3 is 9.42 Å². The van der Waals surface area contributed by atoms with Gasteiger partial charge in [-0.3, -0.25) is 9.36 Å². The number of aromatic nitrogens is 3. The zero-order valence-corrected chi connectivity index (χ0v) is 9.19. The SMILES string of the molecule is CN(C)c1noc(Cn2ccsc2=O)n1. The minimum Gasteiger partial charge on any atom is -0.344 e. The van der Waals surface area contributed by atoms with E-state index in [2.05, 4.69) is 10.1 Å². The third kappa shape index (κ3) is 2.07. The van der Waals surface area contributed by atoms with Crippen LogP contribution in [0.4, 0.5) is 5.95 Å². The molecule has 0 aliphatic rings. The van der Waals surface area contributed by atoms with Crippen molar-refractivity contribution in [3.63, 3.8) is 0 Å². The van der Waals surface area contributed by atoms with Crippen molar-refractivity contribution in [2.24, 2.45) is 0 Å². The number of rotatable bonds is 3. The van der Waals surface area contributed by atoms with Crippen LogP contribution in [0, 0.1) is 0 Å². The summed E-state index contributed by atoms with van der Waals surface area (Å²) in [6.07, 6.45) is 1.70. The normalized spacial score (nSPS) is 10.5. The Morgan fingerprint density at radius 3 is 2.93 bits per heavy atom. The Hall–Kier alpha value is -1.63.